The molecule has 0 saturated carbocycles. The Morgan fingerprint density at radius 1 is 1.05 bits per heavy atom. The van der Waals surface area contributed by atoms with Gasteiger partial charge in [0.2, 0.25) is 0 Å². The van der Waals surface area contributed by atoms with E-state index in [4.69, 9.17) is 4.74 Å². The minimum Gasteiger partial charge on any atom is -0.497 e. The molecule has 0 aliphatic carbocycles. The average Bonchev–Trinajstić information content (AvgIpc) is 2.55. The highest BCUT2D eigenvalue weighted by molar-refractivity contribution is 5.27. The van der Waals surface area contributed by atoms with Gasteiger partial charge in [-0.2, -0.15) is 0 Å². The van der Waals surface area contributed by atoms with E-state index in [1.54, 1.807) is 7.11 Å². The predicted molar refractivity (Wildman–Crippen MR) is 85.3 cm³/mol. The SMILES string of the molecule is COc1ccc(CN(C)[C@H](C)[C@H](O)c2ccccc2)cc1. The lowest BCUT2D eigenvalue weighted by Crippen LogP contribution is -2.33. The van der Waals surface area contributed by atoms with Gasteiger partial charge in [-0.15, -0.1) is 0 Å². The molecule has 0 bridgehead atoms. The molecule has 0 saturated heterocycles. The molecule has 0 aliphatic heterocycles. The van der Waals surface area contributed by atoms with Crippen molar-refractivity contribution in [2.45, 2.75) is 25.6 Å². The molecule has 0 aromatic heterocycles. The quantitative estimate of drug-likeness (QED) is 0.884. The fourth-order valence-electron chi connectivity index (χ4n) is 2.33. The maximum absolute atomic E-state index is 10.5. The minimum absolute atomic E-state index is 0.0366. The number of aliphatic hydroxyl groups excluding tert-OH is 1. The molecule has 2 aromatic carbocycles. The lowest BCUT2D eigenvalue weighted by Gasteiger charge is -2.29. The van der Waals surface area contributed by atoms with Gasteiger partial charge in [0.25, 0.3) is 0 Å². The first-order valence-electron chi connectivity index (χ1n) is 7.18. The van der Waals surface area contributed by atoms with E-state index in [1.807, 2.05) is 56.4 Å². The molecule has 2 aromatic rings. The smallest absolute Gasteiger partial charge is 0.118 e. The van der Waals surface area contributed by atoms with Gasteiger partial charge in [0, 0.05) is 12.6 Å². The van der Waals surface area contributed by atoms with Crippen LogP contribution in [0.15, 0.2) is 54.6 Å². The van der Waals surface area contributed by atoms with Crippen molar-refractivity contribution in [3.8, 4) is 5.75 Å². The molecule has 2 rings (SSSR count). The molecule has 112 valence electrons. The van der Waals surface area contributed by atoms with Crippen LogP contribution in [0.5, 0.6) is 5.75 Å². The fourth-order valence-corrected chi connectivity index (χ4v) is 2.33. The molecule has 0 aliphatic rings. The van der Waals surface area contributed by atoms with E-state index in [2.05, 4.69) is 17.0 Å². The molecule has 21 heavy (non-hydrogen) atoms. The topological polar surface area (TPSA) is 32.7 Å². The second-order valence-electron chi connectivity index (χ2n) is 5.36. The van der Waals surface area contributed by atoms with Crippen LogP contribution in [0.25, 0.3) is 0 Å². The third-order valence-electron chi connectivity index (χ3n) is 3.88. The van der Waals surface area contributed by atoms with Crippen molar-refractivity contribution < 1.29 is 9.84 Å². The van der Waals surface area contributed by atoms with Crippen molar-refractivity contribution in [1.82, 2.24) is 4.90 Å². The lowest BCUT2D eigenvalue weighted by molar-refractivity contribution is 0.0688. The second kappa shape index (κ2) is 7.25. The van der Waals surface area contributed by atoms with Gasteiger partial charge in [-0.25, -0.2) is 0 Å². The Bertz CT molecular complexity index is 539. The zero-order chi connectivity index (χ0) is 15.2. The number of benzene rings is 2. The molecule has 0 unspecified atom stereocenters. The zero-order valence-electron chi connectivity index (χ0n) is 12.9. The summed E-state index contributed by atoms with van der Waals surface area (Å²) in [6, 6.07) is 17.8. The summed E-state index contributed by atoms with van der Waals surface area (Å²) in [6.45, 7) is 2.83. The first-order valence-corrected chi connectivity index (χ1v) is 7.18. The summed E-state index contributed by atoms with van der Waals surface area (Å²) in [5.41, 5.74) is 2.15. The number of rotatable bonds is 6. The third kappa shape index (κ3) is 4.06. The van der Waals surface area contributed by atoms with Gasteiger partial charge in [0.15, 0.2) is 0 Å². The Kier molecular flexibility index (Phi) is 5.37. The van der Waals surface area contributed by atoms with E-state index in [1.165, 1.54) is 5.56 Å². The Hall–Kier alpha value is -1.84. The van der Waals surface area contributed by atoms with Crippen LogP contribution < -0.4 is 4.74 Å². The minimum atomic E-state index is -0.491. The summed E-state index contributed by atoms with van der Waals surface area (Å²) in [6.07, 6.45) is -0.491. The average molecular weight is 285 g/mol. The molecule has 3 heteroatoms. The van der Waals surface area contributed by atoms with E-state index in [0.29, 0.717) is 0 Å². The summed E-state index contributed by atoms with van der Waals surface area (Å²) in [7, 11) is 3.69. The molecule has 1 N–H and O–H groups in total. The number of methoxy groups -OCH3 is 1. The molecule has 0 spiro atoms. The fraction of sp³-hybridized carbons (Fsp3) is 0.333. The van der Waals surface area contributed by atoms with Crippen LogP contribution in [0.1, 0.15) is 24.2 Å². The van der Waals surface area contributed by atoms with Gasteiger partial charge >= 0.3 is 0 Å². The maximum Gasteiger partial charge on any atom is 0.118 e. The highest BCUT2D eigenvalue weighted by atomic mass is 16.5. The summed E-state index contributed by atoms with van der Waals surface area (Å²) in [5.74, 6) is 0.860. The summed E-state index contributed by atoms with van der Waals surface area (Å²) < 4.78 is 5.16. The van der Waals surface area contributed by atoms with Gasteiger partial charge < -0.3 is 9.84 Å². The highest BCUT2D eigenvalue weighted by Gasteiger charge is 2.20. The molecule has 0 amide bonds. The van der Waals surface area contributed by atoms with Gasteiger partial charge in [-0.1, -0.05) is 42.5 Å². The van der Waals surface area contributed by atoms with Crippen LogP contribution in [-0.4, -0.2) is 30.2 Å². The molecular weight excluding hydrogens is 262 g/mol. The van der Waals surface area contributed by atoms with Crippen molar-refractivity contribution in [3.05, 3.63) is 65.7 Å². The highest BCUT2D eigenvalue weighted by Crippen LogP contribution is 2.21. The van der Waals surface area contributed by atoms with Crippen molar-refractivity contribution >= 4 is 0 Å². The van der Waals surface area contributed by atoms with Crippen LogP contribution in [0.4, 0.5) is 0 Å². The summed E-state index contributed by atoms with van der Waals surface area (Å²) >= 11 is 0. The first kappa shape index (κ1) is 15.5. The maximum atomic E-state index is 10.5. The largest absolute Gasteiger partial charge is 0.497 e. The van der Waals surface area contributed by atoms with Gasteiger partial charge in [0.05, 0.1) is 13.2 Å². The Balaban J connectivity index is 2.00. The van der Waals surface area contributed by atoms with Gasteiger partial charge in [-0.3, -0.25) is 4.90 Å². The van der Waals surface area contributed by atoms with Crippen molar-refractivity contribution in [3.63, 3.8) is 0 Å². The summed E-state index contributed by atoms with van der Waals surface area (Å²) in [5, 5.41) is 10.5. The molecular formula is C18H23NO2. The standard InChI is InChI=1S/C18H23NO2/c1-14(18(20)16-7-5-4-6-8-16)19(2)13-15-9-11-17(21-3)12-10-15/h4-12,14,18,20H,13H2,1-3H3/t14-,18+/m1/s1. The third-order valence-corrected chi connectivity index (χ3v) is 3.88. The zero-order valence-corrected chi connectivity index (χ0v) is 12.9. The van der Waals surface area contributed by atoms with Crippen LogP contribution in [0, 0.1) is 0 Å². The van der Waals surface area contributed by atoms with Crippen molar-refractivity contribution in [2.24, 2.45) is 0 Å². The van der Waals surface area contributed by atoms with Gasteiger partial charge in [-0.05, 0) is 37.2 Å². The summed E-state index contributed by atoms with van der Waals surface area (Å²) in [4.78, 5) is 2.15. The second-order valence-corrected chi connectivity index (χ2v) is 5.36. The normalized spacial score (nSPS) is 14.0. The monoisotopic (exact) mass is 285 g/mol. The van der Waals surface area contributed by atoms with Crippen LogP contribution in [0.2, 0.25) is 0 Å². The van der Waals surface area contributed by atoms with E-state index in [-0.39, 0.29) is 6.04 Å². The van der Waals surface area contributed by atoms with Crippen LogP contribution in [-0.2, 0) is 6.54 Å². The number of likely N-dealkylation sites (N-methyl/N-ethyl adjacent to an activating group) is 1. The predicted octanol–water partition coefficient (Wildman–Crippen LogP) is 3.25. The van der Waals surface area contributed by atoms with E-state index in [9.17, 15) is 5.11 Å². The lowest BCUT2D eigenvalue weighted by atomic mass is 10.0. The molecule has 0 heterocycles. The number of hydrogen-bond donors (Lipinski definition) is 1. The van der Waals surface area contributed by atoms with E-state index >= 15 is 0 Å². The number of ether oxygens (including phenoxy) is 1. The Labute approximate surface area is 126 Å². The Morgan fingerprint density at radius 3 is 2.24 bits per heavy atom. The molecule has 0 fully saturated rings. The number of hydrogen-bond acceptors (Lipinski definition) is 3. The van der Waals surface area contributed by atoms with Gasteiger partial charge in [0.1, 0.15) is 5.75 Å². The van der Waals surface area contributed by atoms with Crippen LogP contribution >= 0.6 is 0 Å². The van der Waals surface area contributed by atoms with E-state index < -0.39 is 6.10 Å². The van der Waals surface area contributed by atoms with Crippen molar-refractivity contribution in [1.29, 1.82) is 0 Å². The van der Waals surface area contributed by atoms with Crippen LogP contribution in [0.3, 0.4) is 0 Å². The Morgan fingerprint density at radius 2 is 1.67 bits per heavy atom. The van der Waals surface area contributed by atoms with Crippen molar-refractivity contribution in [2.75, 3.05) is 14.2 Å². The number of nitrogens with zero attached hydrogens (tertiary/aromatic N) is 1. The molecule has 3 nitrogen and oxygen atoms in total. The van der Waals surface area contributed by atoms with E-state index in [0.717, 1.165) is 17.9 Å². The first-order chi connectivity index (χ1) is 10.1. The molecule has 0 radical (unpaired) electrons. The molecule has 2 atom stereocenters. The number of aliphatic hydroxyl groups is 1.